The molecule has 1 amide bonds. The molecule has 7 heteroatoms. The van der Waals surface area contributed by atoms with Crippen molar-refractivity contribution in [2.75, 3.05) is 10.6 Å². The predicted molar refractivity (Wildman–Crippen MR) is 120 cm³/mol. The molecule has 3 N–H and O–H groups in total. The van der Waals surface area contributed by atoms with E-state index in [9.17, 15) is 9.18 Å². The van der Waals surface area contributed by atoms with Gasteiger partial charge in [-0.2, -0.15) is 0 Å². The fourth-order valence-corrected chi connectivity index (χ4v) is 3.15. The molecule has 0 aromatic heterocycles. The van der Waals surface area contributed by atoms with Crippen molar-refractivity contribution in [2.24, 2.45) is 0 Å². The summed E-state index contributed by atoms with van der Waals surface area (Å²) in [5, 5.41) is 10.0. The lowest BCUT2D eigenvalue weighted by Gasteiger charge is -2.17. The SMILES string of the molecule is CC(NC(=S)Nc1ccc(NC(=O)c2cccc(Cl)c2)cc1)c1ccc(F)cc1. The summed E-state index contributed by atoms with van der Waals surface area (Å²) in [7, 11) is 0. The quantitative estimate of drug-likeness (QED) is 0.452. The van der Waals surface area contributed by atoms with E-state index in [0.717, 1.165) is 11.3 Å². The van der Waals surface area contributed by atoms with E-state index in [0.29, 0.717) is 21.4 Å². The van der Waals surface area contributed by atoms with Gasteiger partial charge in [0.15, 0.2) is 5.11 Å². The number of thiocarbonyl (C=S) groups is 1. The zero-order chi connectivity index (χ0) is 20.8. The van der Waals surface area contributed by atoms with E-state index in [1.54, 1.807) is 48.5 Å². The molecule has 0 aliphatic carbocycles. The van der Waals surface area contributed by atoms with Crippen LogP contribution in [0.5, 0.6) is 0 Å². The summed E-state index contributed by atoms with van der Waals surface area (Å²) in [5.74, 6) is -0.511. The Hall–Kier alpha value is -2.96. The Balaban J connectivity index is 1.55. The lowest BCUT2D eigenvalue weighted by Crippen LogP contribution is -2.30. The highest BCUT2D eigenvalue weighted by molar-refractivity contribution is 7.80. The van der Waals surface area contributed by atoms with E-state index >= 15 is 0 Å². The maximum Gasteiger partial charge on any atom is 0.255 e. The Labute approximate surface area is 179 Å². The topological polar surface area (TPSA) is 53.2 Å². The Bertz CT molecular complexity index is 1010. The molecule has 29 heavy (non-hydrogen) atoms. The molecule has 3 aromatic carbocycles. The van der Waals surface area contributed by atoms with Gasteiger partial charge in [0.05, 0.1) is 6.04 Å². The van der Waals surface area contributed by atoms with Gasteiger partial charge in [-0.15, -0.1) is 0 Å². The predicted octanol–water partition coefficient (Wildman–Crippen LogP) is 5.78. The molecule has 0 aliphatic heterocycles. The van der Waals surface area contributed by atoms with Crippen LogP contribution in [0.2, 0.25) is 5.02 Å². The van der Waals surface area contributed by atoms with Crippen molar-refractivity contribution in [1.29, 1.82) is 0 Å². The van der Waals surface area contributed by atoms with Crippen LogP contribution in [0.1, 0.15) is 28.9 Å². The number of anilines is 2. The summed E-state index contributed by atoms with van der Waals surface area (Å²) in [6, 6.07) is 20.1. The molecule has 0 saturated heterocycles. The van der Waals surface area contributed by atoms with Crippen LogP contribution in [-0.2, 0) is 0 Å². The Morgan fingerprint density at radius 2 is 1.59 bits per heavy atom. The lowest BCUT2D eigenvalue weighted by atomic mass is 10.1. The molecule has 1 atom stereocenters. The molecule has 1 unspecified atom stereocenters. The maximum absolute atomic E-state index is 13.0. The van der Waals surface area contributed by atoms with Crippen molar-refractivity contribution in [2.45, 2.75) is 13.0 Å². The van der Waals surface area contributed by atoms with Crippen LogP contribution < -0.4 is 16.0 Å². The van der Waals surface area contributed by atoms with Crippen LogP contribution in [0, 0.1) is 5.82 Å². The zero-order valence-electron chi connectivity index (χ0n) is 15.6. The molecular weight excluding hydrogens is 409 g/mol. The standard InChI is InChI=1S/C22H19ClFN3OS/c1-14(15-5-7-18(24)8-6-15)25-22(29)27-20-11-9-19(10-12-20)26-21(28)16-3-2-4-17(23)13-16/h2-14H,1H3,(H,26,28)(H2,25,27,29). The zero-order valence-corrected chi connectivity index (χ0v) is 17.2. The van der Waals surface area contributed by atoms with Gasteiger partial charge in [0.25, 0.3) is 5.91 Å². The highest BCUT2D eigenvalue weighted by Crippen LogP contribution is 2.17. The van der Waals surface area contributed by atoms with Crippen LogP contribution in [0.3, 0.4) is 0 Å². The number of carbonyl (C=O) groups is 1. The van der Waals surface area contributed by atoms with Gasteiger partial charge in [-0.1, -0.05) is 29.8 Å². The second kappa shape index (κ2) is 9.49. The molecule has 3 aromatic rings. The van der Waals surface area contributed by atoms with Crippen molar-refractivity contribution in [1.82, 2.24) is 5.32 Å². The molecule has 0 heterocycles. The van der Waals surface area contributed by atoms with Gasteiger partial charge >= 0.3 is 0 Å². The van der Waals surface area contributed by atoms with E-state index in [2.05, 4.69) is 16.0 Å². The third-order valence-corrected chi connectivity index (χ3v) is 4.66. The molecule has 4 nitrogen and oxygen atoms in total. The normalized spacial score (nSPS) is 11.4. The first-order chi connectivity index (χ1) is 13.9. The number of hydrogen-bond donors (Lipinski definition) is 3. The Morgan fingerprint density at radius 3 is 2.21 bits per heavy atom. The number of carbonyl (C=O) groups excluding carboxylic acids is 1. The molecule has 148 valence electrons. The van der Waals surface area contributed by atoms with E-state index in [1.807, 2.05) is 19.1 Å². The first-order valence-electron chi connectivity index (χ1n) is 8.91. The largest absolute Gasteiger partial charge is 0.356 e. The summed E-state index contributed by atoms with van der Waals surface area (Å²) >= 11 is 11.3. The number of benzene rings is 3. The highest BCUT2D eigenvalue weighted by atomic mass is 35.5. The number of hydrogen-bond acceptors (Lipinski definition) is 2. The lowest BCUT2D eigenvalue weighted by molar-refractivity contribution is 0.102. The van der Waals surface area contributed by atoms with Gasteiger partial charge in [0, 0.05) is 22.0 Å². The minimum Gasteiger partial charge on any atom is -0.356 e. The summed E-state index contributed by atoms with van der Waals surface area (Å²) in [5.41, 5.74) is 2.84. The molecule has 0 radical (unpaired) electrons. The molecular formula is C22H19ClFN3OS. The van der Waals surface area contributed by atoms with Crippen molar-refractivity contribution in [3.63, 3.8) is 0 Å². The summed E-state index contributed by atoms with van der Waals surface area (Å²) < 4.78 is 13.0. The van der Waals surface area contributed by atoms with Crippen LogP contribution in [0.25, 0.3) is 0 Å². The van der Waals surface area contributed by atoms with Crippen molar-refractivity contribution >= 4 is 46.2 Å². The third-order valence-electron chi connectivity index (χ3n) is 4.21. The van der Waals surface area contributed by atoms with Gasteiger partial charge in [-0.3, -0.25) is 4.79 Å². The number of rotatable bonds is 5. The van der Waals surface area contributed by atoms with Crippen molar-refractivity contribution in [3.8, 4) is 0 Å². The molecule has 0 bridgehead atoms. The molecule has 0 aliphatic rings. The van der Waals surface area contributed by atoms with E-state index in [4.69, 9.17) is 23.8 Å². The average Bonchev–Trinajstić information content (AvgIpc) is 2.70. The molecule has 0 fully saturated rings. The third kappa shape index (κ3) is 6.01. The van der Waals surface area contributed by atoms with Crippen LogP contribution in [0.15, 0.2) is 72.8 Å². The van der Waals surface area contributed by atoms with Crippen LogP contribution in [-0.4, -0.2) is 11.0 Å². The van der Waals surface area contributed by atoms with E-state index in [-0.39, 0.29) is 17.8 Å². The molecule has 0 spiro atoms. The van der Waals surface area contributed by atoms with Crippen LogP contribution >= 0.6 is 23.8 Å². The summed E-state index contributed by atoms with van der Waals surface area (Å²) in [6.07, 6.45) is 0. The second-order valence-electron chi connectivity index (χ2n) is 6.41. The number of nitrogens with one attached hydrogen (secondary N) is 3. The fraction of sp³-hybridized carbons (Fsp3) is 0.0909. The highest BCUT2D eigenvalue weighted by Gasteiger charge is 2.09. The Morgan fingerprint density at radius 1 is 0.966 bits per heavy atom. The van der Waals surface area contributed by atoms with E-state index < -0.39 is 0 Å². The Kier molecular flexibility index (Phi) is 6.80. The number of amides is 1. The minimum absolute atomic E-state index is 0.0770. The second-order valence-corrected chi connectivity index (χ2v) is 7.26. The summed E-state index contributed by atoms with van der Waals surface area (Å²) in [4.78, 5) is 12.3. The van der Waals surface area contributed by atoms with E-state index in [1.165, 1.54) is 12.1 Å². The van der Waals surface area contributed by atoms with Gasteiger partial charge < -0.3 is 16.0 Å². The minimum atomic E-state index is -0.274. The van der Waals surface area contributed by atoms with Crippen molar-refractivity contribution in [3.05, 3.63) is 94.8 Å². The maximum atomic E-state index is 13.0. The van der Waals surface area contributed by atoms with Crippen LogP contribution in [0.4, 0.5) is 15.8 Å². The first-order valence-corrected chi connectivity index (χ1v) is 9.69. The first kappa shape index (κ1) is 20.8. The smallest absolute Gasteiger partial charge is 0.255 e. The number of halogens is 2. The molecule has 3 rings (SSSR count). The van der Waals surface area contributed by atoms with Gasteiger partial charge in [0.1, 0.15) is 5.82 Å². The van der Waals surface area contributed by atoms with Crippen molar-refractivity contribution < 1.29 is 9.18 Å². The summed E-state index contributed by atoms with van der Waals surface area (Å²) in [6.45, 7) is 1.94. The molecule has 0 saturated carbocycles. The average molecular weight is 428 g/mol. The van der Waals surface area contributed by atoms with Gasteiger partial charge in [-0.05, 0) is 79.3 Å². The fourth-order valence-electron chi connectivity index (χ4n) is 2.67. The van der Waals surface area contributed by atoms with Gasteiger partial charge in [-0.25, -0.2) is 4.39 Å². The van der Waals surface area contributed by atoms with Gasteiger partial charge in [0.2, 0.25) is 0 Å². The monoisotopic (exact) mass is 427 g/mol.